The Balaban J connectivity index is 2.02. The van der Waals surface area contributed by atoms with Gasteiger partial charge in [-0.15, -0.1) is 0 Å². The van der Waals surface area contributed by atoms with Gasteiger partial charge in [-0.05, 0) is 20.3 Å². The molecule has 1 saturated heterocycles. The molecule has 1 fully saturated rings. The Morgan fingerprint density at radius 1 is 1.62 bits per heavy atom. The zero-order chi connectivity index (χ0) is 11.7. The minimum Gasteiger partial charge on any atom is -0.361 e. The number of nitrogens with two attached hydrogens (primary N) is 1. The van der Waals surface area contributed by atoms with E-state index in [-0.39, 0.29) is 11.9 Å². The molecular weight excluding hydrogens is 206 g/mol. The number of nitrogens with zero attached hydrogens (tertiary/aromatic N) is 2. The van der Waals surface area contributed by atoms with E-state index in [1.165, 1.54) is 0 Å². The maximum absolute atomic E-state index is 12.0. The van der Waals surface area contributed by atoms with Crippen LogP contribution < -0.4 is 5.73 Å². The second-order valence-electron chi connectivity index (χ2n) is 4.37. The normalized spacial score (nSPS) is 20.4. The van der Waals surface area contributed by atoms with Crippen LogP contribution in [0.4, 0.5) is 0 Å². The maximum Gasteiger partial charge on any atom is 0.227 e. The molecule has 0 aromatic carbocycles. The van der Waals surface area contributed by atoms with Crippen molar-refractivity contribution in [1.82, 2.24) is 10.1 Å². The monoisotopic (exact) mass is 223 g/mol. The Labute approximate surface area is 94.6 Å². The topological polar surface area (TPSA) is 72.4 Å². The molecule has 1 aromatic rings. The molecule has 16 heavy (non-hydrogen) atoms. The Morgan fingerprint density at radius 3 is 2.88 bits per heavy atom. The van der Waals surface area contributed by atoms with Gasteiger partial charge in [0.05, 0.1) is 12.1 Å². The number of aryl methyl sites for hydroxylation is 2. The molecule has 1 aliphatic rings. The summed E-state index contributed by atoms with van der Waals surface area (Å²) < 4.78 is 5.03. The predicted molar refractivity (Wildman–Crippen MR) is 58.9 cm³/mol. The van der Waals surface area contributed by atoms with Crippen LogP contribution in [0.15, 0.2) is 4.52 Å². The summed E-state index contributed by atoms with van der Waals surface area (Å²) in [5.41, 5.74) is 7.48. The van der Waals surface area contributed by atoms with Crippen LogP contribution in [0.1, 0.15) is 23.4 Å². The van der Waals surface area contributed by atoms with Gasteiger partial charge in [-0.25, -0.2) is 0 Å². The molecule has 88 valence electrons. The first kappa shape index (κ1) is 11.1. The Kier molecular flexibility index (Phi) is 2.96. The molecule has 1 aromatic heterocycles. The summed E-state index contributed by atoms with van der Waals surface area (Å²) in [5.74, 6) is 0.844. The molecule has 1 atom stereocenters. The molecule has 1 amide bonds. The largest absolute Gasteiger partial charge is 0.361 e. The average Bonchev–Trinajstić information content (AvgIpc) is 2.79. The van der Waals surface area contributed by atoms with E-state index in [1.807, 2.05) is 18.7 Å². The van der Waals surface area contributed by atoms with Gasteiger partial charge in [0.25, 0.3) is 0 Å². The van der Waals surface area contributed by atoms with E-state index in [0.29, 0.717) is 13.0 Å². The lowest BCUT2D eigenvalue weighted by Gasteiger charge is -2.15. The average molecular weight is 223 g/mol. The predicted octanol–water partition coefficient (Wildman–Crippen LogP) is 0.394. The van der Waals surface area contributed by atoms with E-state index < -0.39 is 0 Å². The summed E-state index contributed by atoms with van der Waals surface area (Å²) >= 11 is 0. The highest BCUT2D eigenvalue weighted by Gasteiger charge is 2.25. The highest BCUT2D eigenvalue weighted by Crippen LogP contribution is 2.16. The number of hydrogen-bond acceptors (Lipinski definition) is 4. The molecule has 0 radical (unpaired) electrons. The standard InChI is InChI=1S/C11H17N3O2/c1-7-10(8(2)16-13-7)5-11(15)14-4-3-9(12)6-14/h9H,3-6,12H2,1-2H3/t9-/m0/s1. The number of rotatable bonds is 2. The second-order valence-corrected chi connectivity index (χ2v) is 4.37. The number of hydrogen-bond donors (Lipinski definition) is 1. The molecular formula is C11H17N3O2. The van der Waals surface area contributed by atoms with Crippen molar-refractivity contribution in [1.29, 1.82) is 0 Å². The van der Waals surface area contributed by atoms with Crippen LogP contribution >= 0.6 is 0 Å². The summed E-state index contributed by atoms with van der Waals surface area (Å²) in [7, 11) is 0. The Hall–Kier alpha value is -1.36. The van der Waals surface area contributed by atoms with E-state index >= 15 is 0 Å². The van der Waals surface area contributed by atoms with Crippen LogP contribution in [-0.4, -0.2) is 35.1 Å². The van der Waals surface area contributed by atoms with Gasteiger partial charge >= 0.3 is 0 Å². The SMILES string of the molecule is Cc1noc(C)c1CC(=O)N1CC[C@H](N)C1. The van der Waals surface area contributed by atoms with Gasteiger partial charge < -0.3 is 15.2 Å². The molecule has 0 unspecified atom stereocenters. The molecule has 2 heterocycles. The van der Waals surface area contributed by atoms with Gasteiger partial charge in [0.1, 0.15) is 5.76 Å². The third-order valence-electron chi connectivity index (χ3n) is 3.09. The molecule has 0 spiro atoms. The first-order valence-corrected chi connectivity index (χ1v) is 5.53. The van der Waals surface area contributed by atoms with Crippen LogP contribution in [0, 0.1) is 13.8 Å². The summed E-state index contributed by atoms with van der Waals surface area (Å²) in [6, 6.07) is 0.133. The van der Waals surface area contributed by atoms with Gasteiger partial charge in [-0.2, -0.15) is 0 Å². The minimum atomic E-state index is 0.113. The fourth-order valence-electron chi connectivity index (χ4n) is 2.03. The van der Waals surface area contributed by atoms with Crippen molar-refractivity contribution in [3.8, 4) is 0 Å². The lowest BCUT2D eigenvalue weighted by Crippen LogP contribution is -2.33. The Morgan fingerprint density at radius 2 is 2.38 bits per heavy atom. The molecule has 2 N–H and O–H groups in total. The number of aromatic nitrogens is 1. The molecule has 5 heteroatoms. The first-order valence-electron chi connectivity index (χ1n) is 5.53. The van der Waals surface area contributed by atoms with Crippen LogP contribution in [0.2, 0.25) is 0 Å². The molecule has 0 aliphatic carbocycles. The van der Waals surface area contributed by atoms with E-state index in [0.717, 1.165) is 30.0 Å². The fourth-order valence-corrected chi connectivity index (χ4v) is 2.03. The van der Waals surface area contributed by atoms with E-state index in [2.05, 4.69) is 5.16 Å². The summed E-state index contributed by atoms with van der Waals surface area (Å²) in [4.78, 5) is 13.8. The maximum atomic E-state index is 12.0. The molecule has 5 nitrogen and oxygen atoms in total. The molecule has 0 saturated carbocycles. The van der Waals surface area contributed by atoms with Crippen molar-refractivity contribution in [2.45, 2.75) is 32.7 Å². The summed E-state index contributed by atoms with van der Waals surface area (Å²) in [5, 5.41) is 3.84. The van der Waals surface area contributed by atoms with Gasteiger partial charge in [0.2, 0.25) is 5.91 Å². The lowest BCUT2D eigenvalue weighted by molar-refractivity contribution is -0.129. The lowest BCUT2D eigenvalue weighted by atomic mass is 10.1. The van der Waals surface area contributed by atoms with Gasteiger partial charge in [-0.3, -0.25) is 4.79 Å². The highest BCUT2D eigenvalue weighted by molar-refractivity contribution is 5.79. The summed E-state index contributed by atoms with van der Waals surface area (Å²) in [6.07, 6.45) is 1.27. The smallest absolute Gasteiger partial charge is 0.227 e. The van der Waals surface area contributed by atoms with E-state index in [4.69, 9.17) is 10.3 Å². The zero-order valence-corrected chi connectivity index (χ0v) is 9.69. The van der Waals surface area contributed by atoms with E-state index in [1.54, 1.807) is 0 Å². The third-order valence-corrected chi connectivity index (χ3v) is 3.09. The van der Waals surface area contributed by atoms with Crippen molar-refractivity contribution in [2.75, 3.05) is 13.1 Å². The highest BCUT2D eigenvalue weighted by atomic mass is 16.5. The van der Waals surface area contributed by atoms with Crippen LogP contribution in [0.3, 0.4) is 0 Å². The molecule has 0 bridgehead atoms. The van der Waals surface area contributed by atoms with E-state index in [9.17, 15) is 4.79 Å². The fraction of sp³-hybridized carbons (Fsp3) is 0.636. The van der Waals surface area contributed by atoms with Gasteiger partial charge in [-0.1, -0.05) is 5.16 Å². The van der Waals surface area contributed by atoms with Crippen molar-refractivity contribution in [3.05, 3.63) is 17.0 Å². The minimum absolute atomic E-state index is 0.113. The third kappa shape index (κ3) is 2.09. The number of amides is 1. The number of carbonyl (C=O) groups is 1. The molecule has 2 rings (SSSR count). The van der Waals surface area contributed by atoms with Crippen molar-refractivity contribution < 1.29 is 9.32 Å². The summed E-state index contributed by atoms with van der Waals surface area (Å²) in [6.45, 7) is 5.12. The quantitative estimate of drug-likeness (QED) is 0.787. The van der Waals surface area contributed by atoms with Crippen LogP contribution in [0.5, 0.6) is 0 Å². The van der Waals surface area contributed by atoms with Crippen molar-refractivity contribution in [3.63, 3.8) is 0 Å². The second kappa shape index (κ2) is 4.25. The Bertz CT molecular complexity index is 380. The van der Waals surface area contributed by atoms with Crippen molar-refractivity contribution >= 4 is 5.91 Å². The van der Waals surface area contributed by atoms with Crippen molar-refractivity contribution in [2.24, 2.45) is 5.73 Å². The number of likely N-dealkylation sites (tertiary alicyclic amines) is 1. The van der Waals surface area contributed by atoms with Gasteiger partial charge in [0, 0.05) is 24.7 Å². The van der Waals surface area contributed by atoms with Gasteiger partial charge in [0.15, 0.2) is 0 Å². The number of carbonyl (C=O) groups excluding carboxylic acids is 1. The van der Waals surface area contributed by atoms with Crippen LogP contribution in [-0.2, 0) is 11.2 Å². The zero-order valence-electron chi connectivity index (χ0n) is 9.69. The van der Waals surface area contributed by atoms with Crippen LogP contribution in [0.25, 0.3) is 0 Å². The molecule has 1 aliphatic heterocycles. The first-order chi connectivity index (χ1) is 7.58.